The van der Waals surface area contributed by atoms with E-state index in [1.54, 1.807) is 0 Å². The molecule has 4 nitrogen and oxygen atoms in total. The zero-order chi connectivity index (χ0) is 21.2. The molecule has 1 heterocycles. The molecule has 0 bridgehead atoms. The average molecular weight is 415 g/mol. The molecule has 28 heavy (non-hydrogen) atoms. The number of aliphatic hydroxyl groups is 1. The fraction of sp³-hybridized carbons (Fsp3) is 1.00. The first-order valence-corrected chi connectivity index (χ1v) is 13.4. The molecule has 1 saturated heterocycles. The minimum absolute atomic E-state index is 0.0668. The van der Waals surface area contributed by atoms with Gasteiger partial charge < -0.3 is 5.11 Å². The molecule has 1 unspecified atom stereocenters. The van der Waals surface area contributed by atoms with E-state index in [1.165, 1.54) is 25.7 Å². The highest BCUT2D eigenvalue weighted by atomic mass is 31.2. The first-order chi connectivity index (χ1) is 12.9. The van der Waals surface area contributed by atoms with Crippen molar-refractivity contribution < 1.29 is 9.67 Å². The summed E-state index contributed by atoms with van der Waals surface area (Å²) in [7, 11) is -3.01. The lowest BCUT2D eigenvalue weighted by atomic mass is 9.87. The standard InChI is InChI=1S/C23H47N2O2P/c1-8-9-10-11-16-21(26)28(27)24(17-22(2,3)4)19-14-12-13-15-20(19)25(28)18-23(5,6)7/h19-21,26H,8-18H2,1-7H3/t19-,20-,21?/m1/s1. The maximum atomic E-state index is 14.8. The fourth-order valence-electron chi connectivity index (χ4n) is 5.03. The van der Waals surface area contributed by atoms with Gasteiger partial charge >= 0.3 is 0 Å². The number of fused-ring (bicyclic) bond motifs is 1. The molecule has 3 atom stereocenters. The van der Waals surface area contributed by atoms with Crippen molar-refractivity contribution in [2.45, 2.75) is 124 Å². The maximum absolute atomic E-state index is 14.8. The Hall–Kier alpha value is 0.110. The topological polar surface area (TPSA) is 43.8 Å². The van der Waals surface area contributed by atoms with Crippen molar-refractivity contribution >= 4 is 7.44 Å². The fourth-order valence-corrected chi connectivity index (χ4v) is 9.17. The maximum Gasteiger partial charge on any atom is 0.244 e. The summed E-state index contributed by atoms with van der Waals surface area (Å²) in [4.78, 5) is 0. The lowest BCUT2D eigenvalue weighted by molar-refractivity contribution is 0.159. The summed E-state index contributed by atoms with van der Waals surface area (Å²) in [6.07, 6.45) is 9.82. The molecule has 0 radical (unpaired) electrons. The van der Waals surface area contributed by atoms with E-state index in [9.17, 15) is 9.67 Å². The van der Waals surface area contributed by atoms with Crippen molar-refractivity contribution in [2.75, 3.05) is 13.1 Å². The van der Waals surface area contributed by atoms with E-state index < -0.39 is 13.3 Å². The third-order valence-electron chi connectivity index (χ3n) is 6.17. The smallest absolute Gasteiger partial charge is 0.244 e. The molecule has 0 amide bonds. The third kappa shape index (κ3) is 5.84. The molecule has 1 aliphatic heterocycles. The summed E-state index contributed by atoms with van der Waals surface area (Å²) in [5.41, 5.74) is 0.134. The quantitative estimate of drug-likeness (QED) is 0.364. The molecule has 0 spiro atoms. The van der Waals surface area contributed by atoms with Crippen molar-refractivity contribution in [1.82, 2.24) is 9.34 Å². The summed E-state index contributed by atoms with van der Waals surface area (Å²) in [6, 6.07) is 0.679. The van der Waals surface area contributed by atoms with Crippen LogP contribution in [0.15, 0.2) is 0 Å². The Morgan fingerprint density at radius 3 is 1.75 bits per heavy atom. The minimum Gasteiger partial charge on any atom is -0.383 e. The summed E-state index contributed by atoms with van der Waals surface area (Å²) >= 11 is 0. The van der Waals surface area contributed by atoms with Gasteiger partial charge in [-0.2, -0.15) is 0 Å². The van der Waals surface area contributed by atoms with E-state index in [-0.39, 0.29) is 10.8 Å². The zero-order valence-electron chi connectivity index (χ0n) is 19.7. The Balaban J connectivity index is 2.37. The van der Waals surface area contributed by atoms with Gasteiger partial charge in [-0.05, 0) is 30.1 Å². The Morgan fingerprint density at radius 1 is 0.893 bits per heavy atom. The molecular formula is C23H47N2O2P. The predicted molar refractivity (Wildman–Crippen MR) is 121 cm³/mol. The second-order valence-electron chi connectivity index (χ2n) is 11.7. The Labute approximate surface area is 174 Å². The molecule has 5 heteroatoms. The van der Waals surface area contributed by atoms with Crippen LogP contribution in [0.4, 0.5) is 0 Å². The normalized spacial score (nSPS) is 27.7. The highest BCUT2D eigenvalue weighted by molar-refractivity contribution is 7.60. The van der Waals surface area contributed by atoms with Crippen LogP contribution >= 0.6 is 7.44 Å². The van der Waals surface area contributed by atoms with Crippen LogP contribution in [0.25, 0.3) is 0 Å². The second-order valence-corrected chi connectivity index (χ2v) is 14.5. The van der Waals surface area contributed by atoms with Gasteiger partial charge in [0.05, 0.1) is 0 Å². The SMILES string of the molecule is CCCCCCC(O)P1(=O)N(CC(C)(C)C)[C@@H]2CCCC[C@H]2N1CC(C)(C)C. The summed E-state index contributed by atoms with van der Waals surface area (Å²) in [5.74, 6) is -0.723. The predicted octanol–water partition coefficient (Wildman–Crippen LogP) is 6.49. The molecule has 166 valence electrons. The van der Waals surface area contributed by atoms with Gasteiger partial charge in [0.15, 0.2) is 0 Å². The molecule has 1 N–H and O–H groups in total. The van der Waals surface area contributed by atoms with Gasteiger partial charge in [0.1, 0.15) is 5.85 Å². The van der Waals surface area contributed by atoms with Crippen molar-refractivity contribution in [3.05, 3.63) is 0 Å². The first kappa shape index (κ1) is 24.4. The Morgan fingerprint density at radius 2 is 1.36 bits per heavy atom. The van der Waals surface area contributed by atoms with Crippen molar-refractivity contribution in [3.63, 3.8) is 0 Å². The van der Waals surface area contributed by atoms with Gasteiger partial charge in [-0.1, -0.05) is 87.0 Å². The van der Waals surface area contributed by atoms with Crippen molar-refractivity contribution in [1.29, 1.82) is 0 Å². The van der Waals surface area contributed by atoms with E-state index in [4.69, 9.17) is 0 Å². The minimum atomic E-state index is -3.01. The largest absolute Gasteiger partial charge is 0.383 e. The Bertz CT molecular complexity index is 502. The van der Waals surface area contributed by atoms with Crippen LogP contribution < -0.4 is 0 Å². The van der Waals surface area contributed by atoms with Crippen LogP contribution in [0.1, 0.15) is 106 Å². The lowest BCUT2D eigenvalue weighted by Gasteiger charge is -2.40. The van der Waals surface area contributed by atoms with E-state index >= 15 is 0 Å². The van der Waals surface area contributed by atoms with E-state index in [1.807, 2.05) is 0 Å². The van der Waals surface area contributed by atoms with Gasteiger partial charge in [-0.15, -0.1) is 0 Å². The van der Waals surface area contributed by atoms with E-state index in [2.05, 4.69) is 57.8 Å². The number of aliphatic hydroxyl groups excluding tert-OH is 1. The average Bonchev–Trinajstić information content (AvgIpc) is 2.80. The molecule has 0 aromatic heterocycles. The van der Waals surface area contributed by atoms with Crippen LogP contribution in [0, 0.1) is 10.8 Å². The highest BCUT2D eigenvalue weighted by Gasteiger charge is 2.58. The van der Waals surface area contributed by atoms with Crippen molar-refractivity contribution in [3.8, 4) is 0 Å². The highest BCUT2D eigenvalue weighted by Crippen LogP contribution is 2.67. The summed E-state index contributed by atoms with van der Waals surface area (Å²) < 4.78 is 19.4. The molecule has 2 fully saturated rings. The van der Waals surface area contributed by atoms with Crippen LogP contribution in [0.2, 0.25) is 0 Å². The molecule has 1 saturated carbocycles. The lowest BCUT2D eigenvalue weighted by Crippen LogP contribution is -2.43. The van der Waals surface area contributed by atoms with Gasteiger partial charge in [-0.3, -0.25) is 4.57 Å². The van der Waals surface area contributed by atoms with Gasteiger partial charge in [0, 0.05) is 25.2 Å². The summed E-state index contributed by atoms with van der Waals surface area (Å²) in [5, 5.41) is 11.3. The van der Waals surface area contributed by atoms with Gasteiger partial charge in [0.2, 0.25) is 7.44 Å². The number of hydrogen-bond acceptors (Lipinski definition) is 2. The molecule has 2 aliphatic rings. The van der Waals surface area contributed by atoms with E-state index in [0.29, 0.717) is 18.5 Å². The van der Waals surface area contributed by atoms with Crippen molar-refractivity contribution in [2.24, 2.45) is 10.8 Å². The van der Waals surface area contributed by atoms with Crippen LogP contribution in [0.5, 0.6) is 0 Å². The second kappa shape index (κ2) is 9.50. The molecular weight excluding hydrogens is 367 g/mol. The Kier molecular flexibility index (Phi) is 8.27. The third-order valence-corrected chi connectivity index (χ3v) is 9.56. The number of nitrogens with zero attached hydrogens (tertiary/aromatic N) is 2. The first-order valence-electron chi connectivity index (χ1n) is 11.7. The van der Waals surface area contributed by atoms with Crippen LogP contribution in [-0.4, -0.2) is 45.5 Å². The van der Waals surface area contributed by atoms with Crippen LogP contribution in [-0.2, 0) is 4.57 Å². The molecule has 0 aromatic carbocycles. The number of unbranched alkanes of at least 4 members (excludes halogenated alkanes) is 3. The zero-order valence-corrected chi connectivity index (χ0v) is 20.6. The van der Waals surface area contributed by atoms with E-state index in [0.717, 1.165) is 38.8 Å². The van der Waals surface area contributed by atoms with Gasteiger partial charge in [-0.25, -0.2) is 9.34 Å². The molecule has 0 aromatic rings. The van der Waals surface area contributed by atoms with Gasteiger partial charge in [0.25, 0.3) is 0 Å². The van der Waals surface area contributed by atoms with Crippen LogP contribution in [0.3, 0.4) is 0 Å². The monoisotopic (exact) mass is 414 g/mol. The summed E-state index contributed by atoms with van der Waals surface area (Å²) in [6.45, 7) is 17.2. The molecule has 2 rings (SSSR count). The number of rotatable bonds is 8. The number of hydrogen-bond donors (Lipinski definition) is 1. The molecule has 1 aliphatic carbocycles.